The molecule has 0 N–H and O–H groups in total. The number of imidazole rings is 1. The van der Waals surface area contributed by atoms with Crippen LogP contribution in [0.25, 0.3) is 50.6 Å². The van der Waals surface area contributed by atoms with Crippen LogP contribution in [0.4, 0.5) is 25.2 Å². The van der Waals surface area contributed by atoms with Crippen LogP contribution in [0, 0.1) is 0 Å². The third kappa shape index (κ3) is 7.59. The van der Waals surface area contributed by atoms with E-state index in [1.807, 2.05) is 12.3 Å². The number of benzene rings is 4. The molecule has 238 valence electrons. The molecule has 3 aromatic heterocycles. The molecule has 0 saturated carbocycles. The number of rotatable bonds is 5. The number of hydrogen-bond acceptors (Lipinski definition) is 1. The van der Waals surface area contributed by atoms with Gasteiger partial charge < -0.3 is 0 Å². The first kappa shape index (κ1) is 31.7. The molecule has 0 aliphatic rings. The first-order valence-corrected chi connectivity index (χ1v) is 16.6. The third-order valence-electron chi connectivity index (χ3n) is 7.44. The van der Waals surface area contributed by atoms with Crippen LogP contribution in [-0.4, -0.2) is 9.38 Å². The fourth-order valence-corrected chi connectivity index (χ4v) is 5.71. The van der Waals surface area contributed by atoms with Gasteiger partial charge in [0.15, 0.2) is 5.69 Å². The molecule has 0 atom stereocenters. The number of hydrogen-bond donors (Lipinski definition) is 0. The van der Waals surface area contributed by atoms with Crippen LogP contribution in [-0.2, 0) is 7.05 Å². The van der Waals surface area contributed by atoms with E-state index >= 15 is 0 Å². The molecule has 3 nitrogen and oxygen atoms in total. The molecule has 3 heterocycles. The van der Waals surface area contributed by atoms with E-state index in [0.717, 1.165) is 39.1 Å². The average molecular weight is 660 g/mol. The molecule has 7 rings (SSSR count). The monoisotopic (exact) mass is 659 g/mol. The number of nitrogens with zero attached hydrogens (tertiary/aromatic N) is 3. The zero-order chi connectivity index (χ0) is 33.3. The van der Waals surface area contributed by atoms with E-state index in [4.69, 9.17) is 4.98 Å². The zero-order valence-corrected chi connectivity index (χ0v) is 25.9. The zero-order valence-electron chi connectivity index (χ0n) is 25.0. The standard InChI is InChI=1S/C37H28N3.F6P/c1-39-26-33(32(28-17-8-3-9-18-28)25-27-15-6-2-7-16-27)40-36-31(23-14-24-38-36)34(29-19-10-4-11-20-29)35(37(39)40)30-21-12-5-13-22-30;1-7(2,3,4,5)6/h2-26H,1H3;/q+1;-1/b32-25+;. The van der Waals surface area contributed by atoms with Crippen molar-refractivity contribution in [2.75, 3.05) is 0 Å². The van der Waals surface area contributed by atoms with Gasteiger partial charge in [-0.3, -0.25) is 0 Å². The molecule has 10 heteroatoms. The second-order valence-electron chi connectivity index (χ2n) is 10.9. The topological polar surface area (TPSA) is 21.2 Å². The van der Waals surface area contributed by atoms with Crippen molar-refractivity contribution in [3.63, 3.8) is 0 Å². The van der Waals surface area contributed by atoms with E-state index in [2.05, 4.69) is 156 Å². The minimum absolute atomic E-state index is 0.932. The Morgan fingerprint density at radius 2 is 1.13 bits per heavy atom. The molecule has 0 radical (unpaired) electrons. The van der Waals surface area contributed by atoms with E-state index in [0.29, 0.717) is 0 Å². The van der Waals surface area contributed by atoms with E-state index in [1.54, 1.807) is 0 Å². The fraction of sp³-hybridized carbons (Fsp3) is 0.0270. The maximum absolute atomic E-state index is 10.7. The van der Waals surface area contributed by atoms with Crippen LogP contribution in [0.5, 0.6) is 0 Å². The molecule has 7 aromatic rings. The summed E-state index contributed by atoms with van der Waals surface area (Å²) in [6.07, 6.45) is 6.41. The summed E-state index contributed by atoms with van der Waals surface area (Å²) in [6.45, 7) is 0. The van der Waals surface area contributed by atoms with Crippen molar-refractivity contribution in [2.45, 2.75) is 0 Å². The molecule has 0 amide bonds. The fourth-order valence-electron chi connectivity index (χ4n) is 5.71. The Morgan fingerprint density at radius 1 is 0.638 bits per heavy atom. The molecule has 0 aliphatic heterocycles. The molecular formula is C37H28F6N3P. The Labute approximate surface area is 267 Å². The van der Waals surface area contributed by atoms with E-state index in [-0.39, 0.29) is 0 Å². The van der Waals surface area contributed by atoms with Crippen LogP contribution >= 0.6 is 7.81 Å². The molecule has 0 fully saturated rings. The molecule has 0 unspecified atom stereocenters. The van der Waals surface area contributed by atoms with Gasteiger partial charge in [-0.25, -0.2) is 9.55 Å². The number of pyridine rings is 2. The van der Waals surface area contributed by atoms with Gasteiger partial charge in [-0.1, -0.05) is 121 Å². The van der Waals surface area contributed by atoms with Crippen LogP contribution in [0.2, 0.25) is 0 Å². The van der Waals surface area contributed by atoms with Gasteiger partial charge in [-0.2, -0.15) is 4.40 Å². The summed E-state index contributed by atoms with van der Waals surface area (Å²) in [7, 11) is -8.52. The van der Waals surface area contributed by atoms with Crippen molar-refractivity contribution >= 4 is 36.1 Å². The summed E-state index contributed by atoms with van der Waals surface area (Å²) in [4.78, 5) is 5.01. The van der Waals surface area contributed by atoms with Crippen molar-refractivity contribution < 1.29 is 29.7 Å². The first-order valence-electron chi connectivity index (χ1n) is 14.6. The van der Waals surface area contributed by atoms with Gasteiger partial charge in [0, 0.05) is 17.3 Å². The van der Waals surface area contributed by atoms with E-state index < -0.39 is 7.81 Å². The molecule has 0 aliphatic carbocycles. The third-order valence-corrected chi connectivity index (χ3v) is 7.44. The van der Waals surface area contributed by atoms with Gasteiger partial charge in [0.25, 0.3) is 5.65 Å². The van der Waals surface area contributed by atoms with Gasteiger partial charge >= 0.3 is 33.0 Å². The Kier molecular flexibility index (Phi) is 7.77. The Morgan fingerprint density at radius 3 is 1.68 bits per heavy atom. The average Bonchev–Trinajstić information content (AvgIpc) is 3.40. The van der Waals surface area contributed by atoms with Crippen molar-refractivity contribution in [1.29, 1.82) is 0 Å². The SMILES string of the molecule is C[n+]1cc(/C(=C/c2ccccc2)c2ccccc2)n2c3ncccc3c(-c3ccccc3)c(-c3ccccc3)c21.F[P-](F)(F)(F)(F)F. The second kappa shape index (κ2) is 11.5. The Hall–Kier alpha value is -5.27. The second-order valence-corrected chi connectivity index (χ2v) is 12.9. The van der Waals surface area contributed by atoms with Gasteiger partial charge in [0.05, 0.1) is 18.0 Å². The van der Waals surface area contributed by atoms with Crippen LogP contribution in [0.3, 0.4) is 0 Å². The number of halogens is 6. The molecular weight excluding hydrogens is 631 g/mol. The summed E-state index contributed by atoms with van der Waals surface area (Å²) in [5.74, 6) is 0. The minimum atomic E-state index is -10.7. The van der Waals surface area contributed by atoms with Crippen molar-refractivity contribution in [1.82, 2.24) is 9.38 Å². The van der Waals surface area contributed by atoms with Gasteiger partial charge in [-0.05, 0) is 40.5 Å². The summed E-state index contributed by atoms with van der Waals surface area (Å²) in [6, 6.07) is 46.8. The van der Waals surface area contributed by atoms with Crippen LogP contribution < -0.4 is 4.57 Å². The molecule has 0 saturated heterocycles. The van der Waals surface area contributed by atoms with Crippen LogP contribution in [0.1, 0.15) is 16.8 Å². The summed E-state index contributed by atoms with van der Waals surface area (Å²) < 4.78 is 63.8. The Balaban J connectivity index is 0.000000499. The van der Waals surface area contributed by atoms with Gasteiger partial charge in [0.2, 0.25) is 5.65 Å². The maximum atomic E-state index is 9.87. The normalized spacial score (nSPS) is 13.5. The molecule has 0 bridgehead atoms. The predicted octanol–water partition coefficient (Wildman–Crippen LogP) is 11.6. The molecule has 0 spiro atoms. The number of fused-ring (bicyclic) bond motifs is 3. The van der Waals surface area contributed by atoms with Crippen molar-refractivity contribution in [3.8, 4) is 22.3 Å². The van der Waals surface area contributed by atoms with Crippen molar-refractivity contribution in [2.24, 2.45) is 7.05 Å². The van der Waals surface area contributed by atoms with Gasteiger partial charge in [-0.15, -0.1) is 0 Å². The van der Waals surface area contributed by atoms with Gasteiger partial charge in [0.1, 0.15) is 6.20 Å². The summed E-state index contributed by atoms with van der Waals surface area (Å²) >= 11 is 0. The summed E-state index contributed by atoms with van der Waals surface area (Å²) in [5.41, 5.74) is 11.3. The summed E-state index contributed by atoms with van der Waals surface area (Å²) in [5, 5.41) is 1.12. The molecule has 47 heavy (non-hydrogen) atoms. The van der Waals surface area contributed by atoms with E-state index in [1.165, 1.54) is 22.3 Å². The van der Waals surface area contributed by atoms with E-state index in [9.17, 15) is 25.2 Å². The number of aromatic nitrogens is 3. The first-order chi connectivity index (χ1) is 22.2. The molecule has 4 aromatic carbocycles. The quantitative estimate of drug-likeness (QED) is 0.0780. The van der Waals surface area contributed by atoms with Crippen molar-refractivity contribution in [3.05, 3.63) is 163 Å². The Bertz CT molecular complexity index is 2210. The predicted molar refractivity (Wildman–Crippen MR) is 178 cm³/mol. The number of aryl methyl sites for hydroxylation is 1. The van der Waals surface area contributed by atoms with Crippen LogP contribution in [0.15, 0.2) is 146 Å².